The molecule has 1 aliphatic rings. The Morgan fingerprint density at radius 1 is 1.33 bits per heavy atom. The topological polar surface area (TPSA) is 72.6 Å². The summed E-state index contributed by atoms with van der Waals surface area (Å²) in [5, 5.41) is 0. The summed E-state index contributed by atoms with van der Waals surface area (Å²) in [6.07, 6.45) is 1.46. The Balaban J connectivity index is 1.98. The van der Waals surface area contributed by atoms with Gasteiger partial charge in [-0.3, -0.25) is 14.5 Å². The Kier molecular flexibility index (Phi) is 4.96. The highest BCUT2D eigenvalue weighted by molar-refractivity contribution is 6.00. The molecule has 0 atom stereocenters. The van der Waals surface area contributed by atoms with Gasteiger partial charge >= 0.3 is 0 Å². The maximum absolute atomic E-state index is 12.4. The molecule has 21 heavy (non-hydrogen) atoms. The zero-order valence-electron chi connectivity index (χ0n) is 12.6. The van der Waals surface area contributed by atoms with Crippen LogP contribution in [0.3, 0.4) is 0 Å². The summed E-state index contributed by atoms with van der Waals surface area (Å²) < 4.78 is 5.28. The minimum Gasteiger partial charge on any atom is -0.496 e. The van der Waals surface area contributed by atoms with Crippen LogP contribution in [0.2, 0.25) is 0 Å². The Labute approximate surface area is 125 Å². The molecule has 1 amide bonds. The van der Waals surface area contributed by atoms with Gasteiger partial charge in [0.2, 0.25) is 5.91 Å². The van der Waals surface area contributed by atoms with Crippen molar-refractivity contribution in [1.82, 2.24) is 4.90 Å². The number of amides is 1. The number of nitrogens with two attached hydrogens (primary N) is 1. The number of nitrogens with zero attached hydrogens (tertiary/aromatic N) is 1. The summed E-state index contributed by atoms with van der Waals surface area (Å²) in [6.45, 7) is 3.78. The molecule has 1 saturated heterocycles. The lowest BCUT2D eigenvalue weighted by molar-refractivity contribution is -0.123. The number of methoxy groups -OCH3 is 1. The Morgan fingerprint density at radius 3 is 2.57 bits per heavy atom. The van der Waals surface area contributed by atoms with Crippen LogP contribution in [0, 0.1) is 12.8 Å². The molecule has 1 aromatic carbocycles. The number of ether oxygens (including phenoxy) is 1. The van der Waals surface area contributed by atoms with E-state index in [0.29, 0.717) is 17.9 Å². The summed E-state index contributed by atoms with van der Waals surface area (Å²) in [5.74, 6) is 0.378. The van der Waals surface area contributed by atoms with Crippen molar-refractivity contribution in [1.29, 1.82) is 0 Å². The SMILES string of the molecule is COc1cc(C)ccc1C(=O)CN1CCC(C(N)=O)CC1. The summed E-state index contributed by atoms with van der Waals surface area (Å²) >= 11 is 0. The number of rotatable bonds is 5. The van der Waals surface area contributed by atoms with Crippen LogP contribution in [-0.4, -0.2) is 43.3 Å². The predicted octanol–water partition coefficient (Wildman–Crippen LogP) is 1.38. The number of carbonyl (C=O) groups is 2. The lowest BCUT2D eigenvalue weighted by Gasteiger charge is -2.29. The number of benzene rings is 1. The van der Waals surface area contributed by atoms with Gasteiger partial charge in [-0.25, -0.2) is 0 Å². The highest BCUT2D eigenvalue weighted by Crippen LogP contribution is 2.22. The quantitative estimate of drug-likeness (QED) is 0.832. The number of ketones is 1. The van der Waals surface area contributed by atoms with Crippen molar-refractivity contribution in [3.63, 3.8) is 0 Å². The summed E-state index contributed by atoms with van der Waals surface area (Å²) in [5.41, 5.74) is 6.99. The fourth-order valence-corrected chi connectivity index (χ4v) is 2.69. The second kappa shape index (κ2) is 6.72. The van der Waals surface area contributed by atoms with Crippen molar-refractivity contribution < 1.29 is 14.3 Å². The van der Waals surface area contributed by atoms with E-state index in [1.54, 1.807) is 7.11 Å². The molecule has 1 aliphatic heterocycles. The van der Waals surface area contributed by atoms with Crippen molar-refractivity contribution in [3.05, 3.63) is 29.3 Å². The van der Waals surface area contributed by atoms with Gasteiger partial charge in [0.1, 0.15) is 5.75 Å². The highest BCUT2D eigenvalue weighted by Gasteiger charge is 2.25. The van der Waals surface area contributed by atoms with Crippen LogP contribution in [0.5, 0.6) is 5.75 Å². The molecule has 0 unspecified atom stereocenters. The van der Waals surface area contributed by atoms with E-state index in [4.69, 9.17) is 10.5 Å². The molecule has 2 rings (SSSR count). The van der Waals surface area contributed by atoms with Crippen LogP contribution in [0.15, 0.2) is 18.2 Å². The Hall–Kier alpha value is -1.88. The maximum Gasteiger partial charge on any atom is 0.220 e. The van der Waals surface area contributed by atoms with Gasteiger partial charge in [-0.15, -0.1) is 0 Å². The van der Waals surface area contributed by atoms with Crippen molar-refractivity contribution in [2.45, 2.75) is 19.8 Å². The third-order valence-electron chi connectivity index (χ3n) is 4.01. The van der Waals surface area contributed by atoms with Crippen LogP contribution < -0.4 is 10.5 Å². The molecule has 114 valence electrons. The first-order chi connectivity index (χ1) is 10.0. The minimum absolute atomic E-state index is 0.0457. The highest BCUT2D eigenvalue weighted by atomic mass is 16.5. The standard InChI is InChI=1S/C16H22N2O3/c1-11-3-4-13(15(9-11)21-2)14(19)10-18-7-5-12(6-8-18)16(17)20/h3-4,9,12H,5-8,10H2,1-2H3,(H2,17,20). The zero-order chi connectivity index (χ0) is 15.4. The average molecular weight is 290 g/mol. The van der Waals surface area contributed by atoms with Gasteiger partial charge in [-0.05, 0) is 50.6 Å². The largest absolute Gasteiger partial charge is 0.496 e. The molecule has 0 saturated carbocycles. The number of Topliss-reactive ketones (excluding diaryl/α,β-unsaturated/α-hetero) is 1. The molecular weight excluding hydrogens is 268 g/mol. The van der Waals surface area contributed by atoms with Crippen molar-refractivity contribution in [2.75, 3.05) is 26.7 Å². The van der Waals surface area contributed by atoms with E-state index in [-0.39, 0.29) is 17.6 Å². The van der Waals surface area contributed by atoms with E-state index in [0.717, 1.165) is 31.5 Å². The first-order valence-electron chi connectivity index (χ1n) is 7.20. The molecule has 0 bridgehead atoms. The average Bonchev–Trinajstić information content (AvgIpc) is 2.47. The number of hydrogen-bond donors (Lipinski definition) is 1. The number of aryl methyl sites for hydroxylation is 1. The maximum atomic E-state index is 12.4. The molecule has 0 spiro atoms. The summed E-state index contributed by atoms with van der Waals surface area (Å²) in [7, 11) is 1.57. The van der Waals surface area contributed by atoms with Crippen LogP contribution in [0.4, 0.5) is 0 Å². The van der Waals surface area contributed by atoms with E-state index in [9.17, 15) is 9.59 Å². The van der Waals surface area contributed by atoms with E-state index in [2.05, 4.69) is 4.90 Å². The number of hydrogen-bond acceptors (Lipinski definition) is 4. The summed E-state index contributed by atoms with van der Waals surface area (Å²) in [6, 6.07) is 5.59. The Morgan fingerprint density at radius 2 is 2.00 bits per heavy atom. The lowest BCUT2D eigenvalue weighted by Crippen LogP contribution is -2.40. The van der Waals surface area contributed by atoms with E-state index >= 15 is 0 Å². The Bertz CT molecular complexity index is 534. The normalized spacial score (nSPS) is 16.7. The van der Waals surface area contributed by atoms with Gasteiger partial charge in [0, 0.05) is 5.92 Å². The smallest absolute Gasteiger partial charge is 0.220 e. The van der Waals surface area contributed by atoms with Gasteiger partial charge in [-0.1, -0.05) is 6.07 Å². The first-order valence-corrected chi connectivity index (χ1v) is 7.20. The monoisotopic (exact) mass is 290 g/mol. The fraction of sp³-hybridized carbons (Fsp3) is 0.500. The molecule has 2 N–H and O–H groups in total. The molecular formula is C16H22N2O3. The van der Waals surface area contributed by atoms with Gasteiger partial charge in [0.05, 0.1) is 19.2 Å². The molecule has 0 radical (unpaired) electrons. The third-order valence-corrected chi connectivity index (χ3v) is 4.01. The van der Waals surface area contributed by atoms with Gasteiger partial charge in [0.25, 0.3) is 0 Å². The van der Waals surface area contributed by atoms with E-state index in [1.807, 2.05) is 25.1 Å². The van der Waals surface area contributed by atoms with Crippen LogP contribution >= 0.6 is 0 Å². The number of likely N-dealkylation sites (tertiary alicyclic amines) is 1. The van der Waals surface area contributed by atoms with Crippen molar-refractivity contribution in [2.24, 2.45) is 11.7 Å². The molecule has 5 nitrogen and oxygen atoms in total. The molecule has 1 aromatic rings. The predicted molar refractivity (Wildman–Crippen MR) is 80.4 cm³/mol. The number of piperidine rings is 1. The van der Waals surface area contributed by atoms with Crippen molar-refractivity contribution >= 4 is 11.7 Å². The van der Waals surface area contributed by atoms with Crippen molar-refractivity contribution in [3.8, 4) is 5.75 Å². The fourth-order valence-electron chi connectivity index (χ4n) is 2.69. The van der Waals surface area contributed by atoms with E-state index in [1.165, 1.54) is 0 Å². The third kappa shape index (κ3) is 3.82. The second-order valence-corrected chi connectivity index (χ2v) is 5.58. The molecule has 1 heterocycles. The van der Waals surface area contributed by atoms with E-state index < -0.39 is 0 Å². The molecule has 1 fully saturated rings. The zero-order valence-corrected chi connectivity index (χ0v) is 12.6. The van der Waals surface area contributed by atoms with Crippen LogP contribution in [0.25, 0.3) is 0 Å². The van der Waals surface area contributed by atoms with Crippen LogP contribution in [0.1, 0.15) is 28.8 Å². The van der Waals surface area contributed by atoms with Gasteiger partial charge < -0.3 is 10.5 Å². The molecule has 0 aliphatic carbocycles. The van der Waals surface area contributed by atoms with Gasteiger partial charge in [0.15, 0.2) is 5.78 Å². The van der Waals surface area contributed by atoms with Gasteiger partial charge in [-0.2, -0.15) is 0 Å². The lowest BCUT2D eigenvalue weighted by atomic mass is 9.96. The first kappa shape index (κ1) is 15.5. The molecule has 5 heteroatoms. The minimum atomic E-state index is -0.235. The second-order valence-electron chi connectivity index (χ2n) is 5.58. The summed E-state index contributed by atoms with van der Waals surface area (Å²) in [4.78, 5) is 25.6. The van der Waals surface area contributed by atoms with Crippen LogP contribution in [-0.2, 0) is 4.79 Å². The molecule has 0 aromatic heterocycles. The number of primary amides is 1. The number of carbonyl (C=O) groups excluding carboxylic acids is 2.